The largest absolute Gasteiger partial charge is 0.450 e. The van der Waals surface area contributed by atoms with E-state index >= 15 is 0 Å². The number of carbonyl (C=O) groups is 3. The Bertz CT molecular complexity index is 945. The van der Waals surface area contributed by atoms with Crippen molar-refractivity contribution in [2.75, 3.05) is 32.8 Å². The van der Waals surface area contributed by atoms with E-state index in [4.69, 9.17) is 16.3 Å². The first kappa shape index (κ1) is 23.5. The molecule has 1 N–H and O–H groups in total. The van der Waals surface area contributed by atoms with Crippen molar-refractivity contribution in [3.05, 3.63) is 34.9 Å². The third-order valence-electron chi connectivity index (χ3n) is 8.48. The van der Waals surface area contributed by atoms with Gasteiger partial charge in [0.05, 0.1) is 12.0 Å². The number of nitrogens with one attached hydrogen (secondary N) is 1. The van der Waals surface area contributed by atoms with Crippen molar-refractivity contribution in [3.8, 4) is 0 Å². The average molecular weight is 488 g/mol. The molecule has 2 heterocycles. The van der Waals surface area contributed by atoms with Crippen molar-refractivity contribution < 1.29 is 19.1 Å². The third kappa shape index (κ3) is 4.39. The summed E-state index contributed by atoms with van der Waals surface area (Å²) in [5, 5.41) is 3.92. The first-order chi connectivity index (χ1) is 16.4. The van der Waals surface area contributed by atoms with Gasteiger partial charge in [-0.15, -0.1) is 0 Å². The second-order valence-electron chi connectivity index (χ2n) is 10.5. The summed E-state index contributed by atoms with van der Waals surface area (Å²) in [6.07, 6.45) is 5.77. The lowest BCUT2D eigenvalue weighted by molar-refractivity contribution is -0.135. The fourth-order valence-electron chi connectivity index (χ4n) is 5.97. The molecule has 0 radical (unpaired) electrons. The number of ether oxygens (including phenoxy) is 1. The predicted molar refractivity (Wildman–Crippen MR) is 128 cm³/mol. The Morgan fingerprint density at radius 2 is 1.65 bits per heavy atom. The quantitative estimate of drug-likeness (QED) is 0.686. The van der Waals surface area contributed by atoms with E-state index in [1.165, 1.54) is 0 Å². The molecule has 34 heavy (non-hydrogen) atoms. The lowest BCUT2D eigenvalue weighted by atomic mass is 9.88. The predicted octanol–water partition coefficient (Wildman–Crippen LogP) is 3.74. The number of benzene rings is 1. The monoisotopic (exact) mass is 487 g/mol. The molecule has 7 nitrogen and oxygen atoms in total. The van der Waals surface area contributed by atoms with Crippen LogP contribution in [0.1, 0.15) is 57.4 Å². The van der Waals surface area contributed by atoms with Crippen LogP contribution < -0.4 is 5.32 Å². The summed E-state index contributed by atoms with van der Waals surface area (Å²) < 4.78 is 5.07. The van der Waals surface area contributed by atoms with E-state index in [0.29, 0.717) is 24.7 Å². The van der Waals surface area contributed by atoms with Gasteiger partial charge < -0.3 is 19.9 Å². The standard InChI is InChI=1S/C26H34ClN3O4/c1-2-34-24(33)30-13-7-20(8-14-30)28-22(31)21-17-25(21)11-15-29(16-12-25)23(32)26(9-10-26)18-3-5-19(27)6-4-18/h3-6,20-21H,2,7-17H2,1H3,(H,28,31)/t21-/m0/s1. The lowest BCUT2D eigenvalue weighted by Crippen LogP contribution is -2.48. The topological polar surface area (TPSA) is 79.0 Å². The summed E-state index contributed by atoms with van der Waals surface area (Å²) in [5.74, 6) is 0.438. The number of likely N-dealkylation sites (tertiary alicyclic amines) is 2. The molecular formula is C26H34ClN3O4. The van der Waals surface area contributed by atoms with E-state index in [2.05, 4.69) is 5.32 Å². The lowest BCUT2D eigenvalue weighted by Gasteiger charge is -2.35. The maximum absolute atomic E-state index is 13.4. The Hall–Kier alpha value is -2.28. The Morgan fingerprint density at radius 3 is 2.24 bits per heavy atom. The normalized spacial score (nSPS) is 25.1. The molecule has 2 saturated heterocycles. The van der Waals surface area contributed by atoms with Gasteiger partial charge in [0.25, 0.3) is 0 Å². The second kappa shape index (κ2) is 9.06. The fraction of sp³-hybridized carbons (Fsp3) is 0.654. The van der Waals surface area contributed by atoms with Crippen molar-refractivity contribution in [1.82, 2.24) is 15.1 Å². The minimum atomic E-state index is -0.367. The van der Waals surface area contributed by atoms with Crippen LogP contribution in [0.25, 0.3) is 0 Å². The molecule has 2 aliphatic heterocycles. The van der Waals surface area contributed by atoms with Gasteiger partial charge in [-0.3, -0.25) is 9.59 Å². The van der Waals surface area contributed by atoms with E-state index in [9.17, 15) is 14.4 Å². The van der Waals surface area contributed by atoms with Gasteiger partial charge in [-0.25, -0.2) is 4.79 Å². The molecule has 184 valence electrons. The number of carbonyl (C=O) groups excluding carboxylic acids is 3. The van der Waals surface area contributed by atoms with Gasteiger partial charge >= 0.3 is 6.09 Å². The molecule has 2 aliphatic carbocycles. The van der Waals surface area contributed by atoms with Crippen molar-refractivity contribution >= 4 is 29.5 Å². The van der Waals surface area contributed by atoms with Gasteiger partial charge in [0.1, 0.15) is 0 Å². The van der Waals surface area contributed by atoms with E-state index in [0.717, 1.165) is 63.6 Å². The van der Waals surface area contributed by atoms with Crippen LogP contribution in [0.15, 0.2) is 24.3 Å². The number of halogens is 1. The zero-order chi connectivity index (χ0) is 23.9. The van der Waals surface area contributed by atoms with E-state index in [1.807, 2.05) is 29.2 Å². The number of hydrogen-bond donors (Lipinski definition) is 1. The van der Waals surface area contributed by atoms with Crippen molar-refractivity contribution in [1.29, 1.82) is 0 Å². The van der Waals surface area contributed by atoms with Gasteiger partial charge in [0.2, 0.25) is 11.8 Å². The van der Waals surface area contributed by atoms with Gasteiger partial charge in [-0.2, -0.15) is 0 Å². The average Bonchev–Trinajstić information content (AvgIpc) is 3.77. The van der Waals surface area contributed by atoms with Crippen LogP contribution in [0.3, 0.4) is 0 Å². The molecule has 1 aromatic carbocycles. The Kier molecular flexibility index (Phi) is 6.25. The molecule has 0 bridgehead atoms. The molecule has 1 atom stereocenters. The number of nitrogens with zero attached hydrogens (tertiary/aromatic N) is 2. The second-order valence-corrected chi connectivity index (χ2v) is 10.9. The summed E-state index contributed by atoms with van der Waals surface area (Å²) in [6.45, 7) is 4.88. The van der Waals surface area contributed by atoms with Crippen molar-refractivity contribution in [3.63, 3.8) is 0 Å². The van der Waals surface area contributed by atoms with Crippen LogP contribution in [0.5, 0.6) is 0 Å². The maximum Gasteiger partial charge on any atom is 0.409 e. The zero-order valence-electron chi connectivity index (χ0n) is 19.9. The fourth-order valence-corrected chi connectivity index (χ4v) is 6.10. The minimum Gasteiger partial charge on any atom is -0.450 e. The molecule has 4 fully saturated rings. The first-order valence-electron chi connectivity index (χ1n) is 12.6. The summed E-state index contributed by atoms with van der Waals surface area (Å²) >= 11 is 6.03. The van der Waals surface area contributed by atoms with Crippen LogP contribution in [-0.2, 0) is 19.7 Å². The van der Waals surface area contributed by atoms with Gasteiger partial charge in [-0.1, -0.05) is 23.7 Å². The molecule has 3 amide bonds. The van der Waals surface area contributed by atoms with E-state index in [1.54, 1.807) is 11.8 Å². The van der Waals surface area contributed by atoms with Crippen molar-refractivity contribution in [2.24, 2.45) is 11.3 Å². The highest BCUT2D eigenvalue weighted by Gasteiger charge is 2.60. The summed E-state index contributed by atoms with van der Waals surface area (Å²) in [5.41, 5.74) is 0.761. The molecular weight excluding hydrogens is 454 g/mol. The van der Waals surface area contributed by atoms with E-state index in [-0.39, 0.29) is 40.7 Å². The molecule has 0 unspecified atom stereocenters. The SMILES string of the molecule is CCOC(=O)N1CCC(NC(=O)[C@@H]2CC23CCN(C(=O)C2(c4ccc(Cl)cc4)CC2)CC3)CC1. The molecule has 5 rings (SSSR count). The van der Waals surface area contributed by atoms with Crippen LogP contribution in [-0.4, -0.2) is 66.5 Å². The van der Waals surface area contributed by atoms with Crippen LogP contribution in [0.4, 0.5) is 4.79 Å². The third-order valence-corrected chi connectivity index (χ3v) is 8.73. The Labute approximate surface area is 206 Å². The number of piperidine rings is 2. The minimum absolute atomic E-state index is 0.0546. The highest BCUT2D eigenvalue weighted by atomic mass is 35.5. The Balaban J connectivity index is 1.09. The smallest absolute Gasteiger partial charge is 0.409 e. The Morgan fingerprint density at radius 1 is 1.00 bits per heavy atom. The van der Waals surface area contributed by atoms with Gasteiger partial charge in [0, 0.05) is 43.2 Å². The maximum atomic E-state index is 13.4. The van der Waals surface area contributed by atoms with Crippen molar-refractivity contribution in [2.45, 2.75) is 63.3 Å². The number of hydrogen-bond acceptors (Lipinski definition) is 4. The highest BCUT2D eigenvalue weighted by molar-refractivity contribution is 6.30. The molecule has 2 saturated carbocycles. The van der Waals surface area contributed by atoms with E-state index < -0.39 is 0 Å². The van der Waals surface area contributed by atoms with Crippen LogP contribution in [0.2, 0.25) is 5.02 Å². The molecule has 8 heteroatoms. The van der Waals surface area contributed by atoms with Crippen LogP contribution in [0, 0.1) is 11.3 Å². The summed E-state index contributed by atoms with van der Waals surface area (Å²) in [6, 6.07) is 7.81. The molecule has 0 aromatic heterocycles. The summed E-state index contributed by atoms with van der Waals surface area (Å²) in [7, 11) is 0. The van der Waals surface area contributed by atoms with Gasteiger partial charge in [0.15, 0.2) is 0 Å². The summed E-state index contributed by atoms with van der Waals surface area (Å²) in [4.78, 5) is 41.9. The molecule has 4 aliphatic rings. The molecule has 1 spiro atoms. The number of rotatable bonds is 5. The first-order valence-corrected chi connectivity index (χ1v) is 13.0. The van der Waals surface area contributed by atoms with Gasteiger partial charge in [-0.05, 0) is 75.0 Å². The highest BCUT2D eigenvalue weighted by Crippen LogP contribution is 2.60. The number of amides is 3. The van der Waals surface area contributed by atoms with Crippen LogP contribution >= 0.6 is 11.6 Å². The zero-order valence-corrected chi connectivity index (χ0v) is 20.6. The molecule has 1 aromatic rings.